The topological polar surface area (TPSA) is 165 Å². The van der Waals surface area contributed by atoms with E-state index in [1.165, 1.54) is 24.3 Å². The zero-order chi connectivity index (χ0) is 18.9. The fourth-order valence-electron chi connectivity index (χ4n) is 2.14. The molecule has 0 aliphatic rings. The summed E-state index contributed by atoms with van der Waals surface area (Å²) in [6.45, 7) is 0. The first kappa shape index (κ1) is 19.5. The van der Waals surface area contributed by atoms with Crippen LogP contribution in [-0.2, 0) is 15.6 Å². The molecule has 0 amide bonds. The zero-order valence-corrected chi connectivity index (χ0v) is 14.4. The molecule has 0 aromatic heterocycles. The third-order valence-corrected chi connectivity index (χ3v) is 7.32. The molecule has 9 nitrogen and oxygen atoms in total. The van der Waals surface area contributed by atoms with Crippen LogP contribution in [0.15, 0.2) is 48.5 Å². The van der Waals surface area contributed by atoms with Crippen molar-refractivity contribution in [1.82, 2.24) is 0 Å². The molecule has 0 bridgehead atoms. The lowest BCUT2D eigenvalue weighted by Crippen LogP contribution is -2.38. The Morgan fingerprint density at radius 2 is 1.36 bits per heavy atom. The largest absolute Gasteiger partial charge is 0.508 e. The van der Waals surface area contributed by atoms with Gasteiger partial charge in [-0.1, -0.05) is 18.2 Å². The van der Waals surface area contributed by atoms with Crippen molar-refractivity contribution < 1.29 is 43.7 Å². The monoisotopic (exact) mass is 390 g/mol. The summed E-state index contributed by atoms with van der Waals surface area (Å²) in [5, 5.41) is 15.8. The van der Waals surface area contributed by atoms with Gasteiger partial charge in [-0.2, -0.15) is 0 Å². The van der Waals surface area contributed by atoms with Crippen LogP contribution in [0.3, 0.4) is 0 Å². The molecule has 0 aliphatic carbocycles. The lowest BCUT2D eigenvalue weighted by atomic mass is 10.1. The van der Waals surface area contributed by atoms with Crippen molar-refractivity contribution in [2.45, 2.75) is 11.5 Å². The Morgan fingerprint density at radius 1 is 0.840 bits per heavy atom. The van der Waals surface area contributed by atoms with E-state index < -0.39 is 32.4 Å². The molecule has 2 aromatic carbocycles. The predicted molar refractivity (Wildman–Crippen MR) is 87.4 cm³/mol. The van der Waals surface area contributed by atoms with Gasteiger partial charge in [-0.3, -0.25) is 9.13 Å². The summed E-state index contributed by atoms with van der Waals surface area (Å²) in [7, 11) is -11.1. The fraction of sp³-hybridized carbons (Fsp3) is 0.143. The fourth-order valence-corrected chi connectivity index (χ4v) is 4.70. The highest BCUT2D eigenvalue weighted by molar-refractivity contribution is 7.72. The average Bonchev–Trinajstić information content (AvgIpc) is 2.48. The molecule has 2 aromatic rings. The van der Waals surface area contributed by atoms with Crippen LogP contribution in [0.1, 0.15) is 5.56 Å². The van der Waals surface area contributed by atoms with Crippen molar-refractivity contribution in [3.63, 3.8) is 0 Å². The van der Waals surface area contributed by atoms with Gasteiger partial charge in [-0.25, -0.2) is 0 Å². The Labute approximate surface area is 142 Å². The number of phenolic OH excluding ortho intramolecular Hbond substituents is 2. The zero-order valence-electron chi connectivity index (χ0n) is 12.6. The number of para-hydroxylation sites is 1. The molecule has 6 N–H and O–H groups in total. The van der Waals surface area contributed by atoms with Crippen molar-refractivity contribution in [2.24, 2.45) is 0 Å². The van der Waals surface area contributed by atoms with Crippen LogP contribution < -0.4 is 4.74 Å². The SMILES string of the molecule is O=P(O)(O)C(Cc1ccccc1O)(Oc1ccc(O)cc1)P(=O)(O)O. The maximum atomic E-state index is 12.0. The Balaban J connectivity index is 2.60. The van der Waals surface area contributed by atoms with Gasteiger partial charge in [0.05, 0.1) is 0 Å². The second-order valence-corrected chi connectivity index (χ2v) is 9.21. The number of rotatable bonds is 6. The van der Waals surface area contributed by atoms with E-state index in [1.807, 2.05) is 0 Å². The molecule has 0 saturated heterocycles. The lowest BCUT2D eigenvalue weighted by molar-refractivity contribution is 0.151. The molecule has 0 unspecified atom stereocenters. The molecule has 136 valence electrons. The van der Waals surface area contributed by atoms with E-state index in [2.05, 4.69) is 0 Å². The van der Waals surface area contributed by atoms with E-state index in [0.717, 1.165) is 24.3 Å². The normalized spacial score (nSPS) is 12.8. The molecule has 0 aliphatic heterocycles. The third-order valence-electron chi connectivity index (χ3n) is 3.44. The highest BCUT2D eigenvalue weighted by Gasteiger charge is 2.63. The number of phenols is 2. The summed E-state index contributed by atoms with van der Waals surface area (Å²) in [5.74, 6) is -0.853. The predicted octanol–water partition coefficient (Wildman–Crippen LogP) is 1.73. The highest BCUT2D eigenvalue weighted by atomic mass is 31.2. The van der Waals surface area contributed by atoms with E-state index in [0.29, 0.717) is 0 Å². The van der Waals surface area contributed by atoms with Gasteiger partial charge in [0, 0.05) is 6.42 Å². The summed E-state index contributed by atoms with van der Waals surface area (Å²) in [6.07, 6.45) is -0.949. The number of ether oxygens (including phenoxy) is 1. The van der Waals surface area contributed by atoms with Gasteiger partial charge in [0.25, 0.3) is 0 Å². The van der Waals surface area contributed by atoms with Crippen LogP contribution in [-0.4, -0.2) is 34.9 Å². The van der Waals surface area contributed by atoms with Crippen molar-refractivity contribution in [2.75, 3.05) is 0 Å². The van der Waals surface area contributed by atoms with Crippen molar-refractivity contribution >= 4 is 15.2 Å². The Hall–Kier alpha value is -1.86. The number of hydrogen-bond donors (Lipinski definition) is 6. The first-order valence-corrected chi connectivity index (χ1v) is 10.0. The second-order valence-electron chi connectivity index (χ2n) is 5.23. The van der Waals surface area contributed by atoms with Gasteiger partial charge in [0.15, 0.2) is 0 Å². The van der Waals surface area contributed by atoms with Crippen molar-refractivity contribution in [3.8, 4) is 17.2 Å². The molecule has 2 rings (SSSR count). The Morgan fingerprint density at radius 3 is 1.84 bits per heavy atom. The van der Waals surface area contributed by atoms with Crippen LogP contribution in [0.4, 0.5) is 0 Å². The lowest BCUT2D eigenvalue weighted by Gasteiger charge is -2.35. The first-order valence-electron chi connectivity index (χ1n) is 6.82. The van der Waals surface area contributed by atoms with Crippen LogP contribution in [0, 0.1) is 0 Å². The number of benzene rings is 2. The molecular weight excluding hydrogens is 374 g/mol. The van der Waals surface area contributed by atoms with Crippen molar-refractivity contribution in [1.29, 1.82) is 0 Å². The molecule has 0 heterocycles. The maximum absolute atomic E-state index is 12.0. The molecule has 0 spiro atoms. The van der Waals surface area contributed by atoms with E-state index in [9.17, 15) is 38.9 Å². The van der Waals surface area contributed by atoms with E-state index in [-0.39, 0.29) is 17.1 Å². The Kier molecular flexibility index (Phi) is 5.30. The van der Waals surface area contributed by atoms with Crippen LogP contribution in [0.5, 0.6) is 17.2 Å². The van der Waals surface area contributed by atoms with E-state index in [4.69, 9.17) is 4.74 Å². The van der Waals surface area contributed by atoms with E-state index >= 15 is 0 Å². The first-order chi connectivity index (χ1) is 11.5. The maximum Gasteiger partial charge on any atom is 0.381 e. The molecule has 0 radical (unpaired) electrons. The summed E-state index contributed by atoms with van der Waals surface area (Å²) in [4.78, 5) is 38.8. The van der Waals surface area contributed by atoms with Crippen LogP contribution in [0.25, 0.3) is 0 Å². The summed E-state index contributed by atoms with van der Waals surface area (Å²) < 4.78 is 29.2. The van der Waals surface area contributed by atoms with Crippen LogP contribution in [0.2, 0.25) is 0 Å². The molecule has 0 saturated carbocycles. The molecular formula is C14H16O9P2. The van der Waals surface area contributed by atoms with Gasteiger partial charge >= 0.3 is 20.3 Å². The molecule has 25 heavy (non-hydrogen) atoms. The minimum Gasteiger partial charge on any atom is -0.508 e. The minimum absolute atomic E-state index is 0.118. The smallest absolute Gasteiger partial charge is 0.381 e. The van der Waals surface area contributed by atoms with Gasteiger partial charge < -0.3 is 34.5 Å². The van der Waals surface area contributed by atoms with Gasteiger partial charge in [-0.05, 0) is 35.9 Å². The minimum atomic E-state index is -5.55. The van der Waals surface area contributed by atoms with Crippen LogP contribution >= 0.6 is 15.2 Å². The average molecular weight is 390 g/mol. The van der Waals surface area contributed by atoms with Gasteiger partial charge in [-0.15, -0.1) is 0 Å². The standard InChI is InChI=1S/C14H16O9P2/c15-11-5-7-12(8-6-11)23-14(24(17,18)19,25(20,21)22)9-10-3-1-2-4-13(10)16/h1-8,15-16H,9H2,(H2,17,18,19)(H2,20,21,22). The third kappa shape index (κ3) is 4.04. The number of hydrogen-bond acceptors (Lipinski definition) is 5. The summed E-state index contributed by atoms with van der Waals surface area (Å²) in [5.41, 5.74) is -0.118. The van der Waals surface area contributed by atoms with Crippen molar-refractivity contribution in [3.05, 3.63) is 54.1 Å². The van der Waals surface area contributed by atoms with Gasteiger partial charge in [0.1, 0.15) is 17.2 Å². The molecule has 0 atom stereocenters. The summed E-state index contributed by atoms with van der Waals surface area (Å²) >= 11 is 0. The highest BCUT2D eigenvalue weighted by Crippen LogP contribution is 2.70. The Bertz CT molecular complexity index is 816. The summed E-state index contributed by atoms with van der Waals surface area (Å²) in [6, 6.07) is 9.78. The molecule has 11 heteroatoms. The second kappa shape index (κ2) is 6.80. The molecule has 0 fully saturated rings. The number of aromatic hydroxyl groups is 2. The quantitative estimate of drug-likeness (QED) is 0.403. The van der Waals surface area contributed by atoms with E-state index in [1.54, 1.807) is 0 Å². The van der Waals surface area contributed by atoms with Gasteiger partial charge in [0.2, 0.25) is 0 Å².